The Bertz CT molecular complexity index is 814. The van der Waals surface area contributed by atoms with Crippen LogP contribution < -0.4 is 9.47 Å². The van der Waals surface area contributed by atoms with Crippen LogP contribution in [-0.2, 0) is 22.4 Å². The van der Waals surface area contributed by atoms with Crippen LogP contribution >= 0.6 is 0 Å². The molecule has 0 saturated heterocycles. The van der Waals surface area contributed by atoms with E-state index in [1.54, 1.807) is 30.4 Å². The summed E-state index contributed by atoms with van der Waals surface area (Å²) in [7, 11) is 3.10. The highest BCUT2D eigenvalue weighted by Crippen LogP contribution is 2.39. The molecule has 7 heteroatoms. The Balaban J connectivity index is 1.87. The Kier molecular flexibility index (Phi) is 5.69. The number of hydrogen-bond acceptors (Lipinski definition) is 5. The summed E-state index contributed by atoms with van der Waals surface area (Å²) in [5.74, 6) is 0.825. The van der Waals surface area contributed by atoms with Gasteiger partial charge >= 0.3 is 5.97 Å². The molecule has 0 unspecified atom stereocenters. The largest absolute Gasteiger partial charge is 0.493 e. The van der Waals surface area contributed by atoms with E-state index in [2.05, 4.69) is 0 Å². The third-order valence-electron chi connectivity index (χ3n) is 4.86. The summed E-state index contributed by atoms with van der Waals surface area (Å²) in [6.07, 6.45) is 2.81. The van der Waals surface area contributed by atoms with E-state index in [9.17, 15) is 14.7 Å². The van der Waals surface area contributed by atoms with E-state index in [1.165, 1.54) is 7.11 Å². The Hall–Kier alpha value is -2.96. The number of hydrogen-bond donors (Lipinski definition) is 1. The topological polar surface area (TPSA) is 89.2 Å². The number of nitrogens with zero attached hydrogens (tertiary/aromatic N) is 1. The quantitative estimate of drug-likeness (QED) is 0.803. The number of rotatable bonds is 7. The molecule has 0 radical (unpaired) electrons. The van der Waals surface area contributed by atoms with Crippen LogP contribution in [0.5, 0.6) is 11.5 Å². The van der Waals surface area contributed by atoms with Gasteiger partial charge in [0.25, 0.3) is 0 Å². The molecule has 1 aliphatic rings. The van der Waals surface area contributed by atoms with Gasteiger partial charge < -0.3 is 23.9 Å². The first-order valence-electron chi connectivity index (χ1n) is 8.82. The zero-order valence-electron chi connectivity index (χ0n) is 15.4. The second-order valence-corrected chi connectivity index (χ2v) is 6.44. The summed E-state index contributed by atoms with van der Waals surface area (Å²) in [6.45, 7) is 0.470. The summed E-state index contributed by atoms with van der Waals surface area (Å²) in [6, 6.07) is 6.73. The second kappa shape index (κ2) is 8.16. The number of carboxylic acid groups (broad SMARTS) is 1. The standard InChI is InChI=1S/C20H23NO6/c1-25-17-10-13-7-8-21(19(22)6-5-14-4-3-9-27-14)16(12-20(23)24)15(13)11-18(17)26-2/h3-4,9-11,16H,5-8,12H2,1-2H3,(H,23,24)/t16-/m1/s1. The Morgan fingerprint density at radius 2 is 2.00 bits per heavy atom. The van der Waals surface area contributed by atoms with Gasteiger partial charge in [0, 0.05) is 19.4 Å². The third-order valence-corrected chi connectivity index (χ3v) is 4.86. The first kappa shape index (κ1) is 18.8. The van der Waals surface area contributed by atoms with Gasteiger partial charge in [-0.3, -0.25) is 9.59 Å². The molecule has 7 nitrogen and oxygen atoms in total. The van der Waals surface area contributed by atoms with Crippen molar-refractivity contribution in [2.75, 3.05) is 20.8 Å². The average Bonchev–Trinajstić information content (AvgIpc) is 3.18. The predicted octanol–water partition coefficient (Wildman–Crippen LogP) is 2.83. The molecular weight excluding hydrogens is 350 g/mol. The number of benzene rings is 1. The van der Waals surface area contributed by atoms with Crippen LogP contribution in [0.25, 0.3) is 0 Å². The molecule has 0 bridgehead atoms. The van der Waals surface area contributed by atoms with Crippen molar-refractivity contribution < 1.29 is 28.6 Å². The smallest absolute Gasteiger partial charge is 0.305 e. The maximum absolute atomic E-state index is 12.8. The number of carboxylic acids is 1. The first-order valence-corrected chi connectivity index (χ1v) is 8.82. The minimum Gasteiger partial charge on any atom is -0.493 e. The molecule has 0 saturated carbocycles. The fraction of sp³-hybridized carbons (Fsp3) is 0.400. The van der Waals surface area contributed by atoms with Crippen molar-refractivity contribution >= 4 is 11.9 Å². The molecular formula is C20H23NO6. The van der Waals surface area contributed by atoms with Crippen LogP contribution in [0.4, 0.5) is 0 Å². The SMILES string of the molecule is COc1cc2c(cc1OC)[C@@H](CC(=O)O)N(C(=O)CCc1ccco1)CC2. The zero-order valence-corrected chi connectivity index (χ0v) is 15.4. The highest BCUT2D eigenvalue weighted by atomic mass is 16.5. The van der Waals surface area contributed by atoms with Crippen molar-refractivity contribution in [1.82, 2.24) is 4.90 Å². The second-order valence-electron chi connectivity index (χ2n) is 6.44. The first-order chi connectivity index (χ1) is 13.0. The van der Waals surface area contributed by atoms with E-state index in [4.69, 9.17) is 13.9 Å². The van der Waals surface area contributed by atoms with Gasteiger partial charge in [0.15, 0.2) is 11.5 Å². The number of aliphatic carboxylic acids is 1. The molecule has 3 rings (SSSR count). The van der Waals surface area contributed by atoms with Crippen molar-refractivity contribution in [1.29, 1.82) is 0 Å². The number of methoxy groups -OCH3 is 2. The Morgan fingerprint density at radius 1 is 1.26 bits per heavy atom. The van der Waals surface area contributed by atoms with Crippen LogP contribution in [0.3, 0.4) is 0 Å². The van der Waals surface area contributed by atoms with Gasteiger partial charge in [-0.2, -0.15) is 0 Å². The molecule has 2 heterocycles. The average molecular weight is 373 g/mol. The Morgan fingerprint density at radius 3 is 2.63 bits per heavy atom. The van der Waals surface area contributed by atoms with Crippen molar-refractivity contribution in [2.45, 2.75) is 31.7 Å². The molecule has 0 fully saturated rings. The third kappa shape index (κ3) is 4.07. The van der Waals surface area contributed by atoms with Crippen LogP contribution in [0.15, 0.2) is 34.9 Å². The van der Waals surface area contributed by atoms with Gasteiger partial charge in [0.2, 0.25) is 5.91 Å². The van der Waals surface area contributed by atoms with E-state index in [1.807, 2.05) is 12.1 Å². The molecule has 1 aromatic heterocycles. The van der Waals surface area contributed by atoms with E-state index >= 15 is 0 Å². The van der Waals surface area contributed by atoms with Crippen LogP contribution in [0, 0.1) is 0 Å². The van der Waals surface area contributed by atoms with Gasteiger partial charge in [-0.25, -0.2) is 0 Å². The minimum absolute atomic E-state index is 0.0851. The maximum atomic E-state index is 12.8. The fourth-order valence-corrected chi connectivity index (χ4v) is 3.54. The number of furan rings is 1. The number of carbonyl (C=O) groups excluding carboxylic acids is 1. The lowest BCUT2D eigenvalue weighted by Crippen LogP contribution is -2.41. The van der Waals surface area contributed by atoms with Crippen LogP contribution in [0.2, 0.25) is 0 Å². The van der Waals surface area contributed by atoms with Crippen molar-refractivity contribution in [3.8, 4) is 11.5 Å². The molecule has 2 aromatic rings. The molecule has 1 N–H and O–H groups in total. The lowest BCUT2D eigenvalue weighted by molar-refractivity contribution is -0.141. The van der Waals surface area contributed by atoms with Crippen LogP contribution in [0.1, 0.15) is 35.8 Å². The minimum atomic E-state index is -0.952. The summed E-state index contributed by atoms with van der Waals surface area (Å²) in [5, 5.41) is 9.39. The number of amides is 1. The fourth-order valence-electron chi connectivity index (χ4n) is 3.54. The molecule has 27 heavy (non-hydrogen) atoms. The monoisotopic (exact) mass is 373 g/mol. The van der Waals surface area contributed by atoms with Gasteiger partial charge in [-0.15, -0.1) is 0 Å². The number of carbonyl (C=O) groups is 2. The summed E-state index contributed by atoms with van der Waals surface area (Å²) in [4.78, 5) is 25.9. The molecule has 1 amide bonds. The van der Waals surface area contributed by atoms with Crippen molar-refractivity contribution in [2.24, 2.45) is 0 Å². The number of aryl methyl sites for hydroxylation is 1. The van der Waals surface area contributed by atoms with Gasteiger partial charge in [0.1, 0.15) is 5.76 Å². The Labute approximate surface area is 157 Å². The molecule has 0 spiro atoms. The summed E-state index contributed by atoms with van der Waals surface area (Å²) in [5.41, 5.74) is 1.78. The highest BCUT2D eigenvalue weighted by Gasteiger charge is 2.33. The zero-order chi connectivity index (χ0) is 19.4. The van der Waals surface area contributed by atoms with E-state index in [0.717, 1.165) is 16.9 Å². The lowest BCUT2D eigenvalue weighted by Gasteiger charge is -2.37. The maximum Gasteiger partial charge on any atom is 0.305 e. The molecule has 1 aromatic carbocycles. The highest BCUT2D eigenvalue weighted by molar-refractivity contribution is 5.79. The van der Waals surface area contributed by atoms with Crippen molar-refractivity contribution in [3.05, 3.63) is 47.4 Å². The number of fused-ring (bicyclic) bond motifs is 1. The molecule has 1 aliphatic heterocycles. The van der Waals surface area contributed by atoms with Gasteiger partial charge in [0.05, 0.1) is 32.9 Å². The van der Waals surface area contributed by atoms with E-state index in [-0.39, 0.29) is 18.7 Å². The summed E-state index contributed by atoms with van der Waals surface area (Å²) < 4.78 is 16.0. The van der Waals surface area contributed by atoms with E-state index in [0.29, 0.717) is 30.9 Å². The van der Waals surface area contributed by atoms with Gasteiger partial charge in [-0.1, -0.05) is 0 Å². The van der Waals surface area contributed by atoms with Crippen LogP contribution in [-0.4, -0.2) is 42.6 Å². The number of ether oxygens (including phenoxy) is 2. The van der Waals surface area contributed by atoms with Gasteiger partial charge in [-0.05, 0) is 41.8 Å². The predicted molar refractivity (Wildman–Crippen MR) is 97.0 cm³/mol. The van der Waals surface area contributed by atoms with E-state index < -0.39 is 12.0 Å². The molecule has 144 valence electrons. The normalized spacial score (nSPS) is 15.9. The van der Waals surface area contributed by atoms with Crippen molar-refractivity contribution in [3.63, 3.8) is 0 Å². The molecule has 0 aliphatic carbocycles. The molecule has 1 atom stereocenters. The summed E-state index contributed by atoms with van der Waals surface area (Å²) >= 11 is 0. The lowest BCUT2D eigenvalue weighted by atomic mass is 9.89.